The van der Waals surface area contributed by atoms with E-state index in [1.165, 1.54) is 19.1 Å². The number of benzene rings is 2. The lowest BCUT2D eigenvalue weighted by molar-refractivity contribution is -0.117. The quantitative estimate of drug-likeness (QED) is 0.614. The molecular weight excluding hydrogens is 360 g/mol. The molecule has 0 saturated carbocycles. The van der Waals surface area contributed by atoms with Gasteiger partial charge >= 0.3 is 5.97 Å². The molecule has 28 heavy (non-hydrogen) atoms. The predicted octanol–water partition coefficient (Wildman–Crippen LogP) is 2.81. The minimum Gasteiger partial charge on any atom is -0.454 e. The van der Waals surface area contributed by atoms with Crippen LogP contribution in [-0.4, -0.2) is 36.7 Å². The number of nitrogens with zero attached hydrogens (tertiary/aromatic N) is 1. The van der Waals surface area contributed by atoms with Gasteiger partial charge < -0.3 is 15.0 Å². The number of hydrogen-bond acceptors (Lipinski definition) is 5. The summed E-state index contributed by atoms with van der Waals surface area (Å²) in [7, 11) is 0. The number of esters is 1. The number of ether oxygens (including phenoxy) is 1. The number of Topliss-reactive ketones (excluding diaryl/α,β-unsaturated/α-hetero) is 1. The fourth-order valence-electron chi connectivity index (χ4n) is 2.94. The smallest absolute Gasteiger partial charge is 0.338 e. The highest BCUT2D eigenvalue weighted by Gasteiger charge is 2.21. The monoisotopic (exact) mass is 380 g/mol. The number of carbonyl (C=O) groups is 4. The molecule has 0 aromatic heterocycles. The molecule has 0 aliphatic carbocycles. The Morgan fingerprint density at radius 3 is 2.21 bits per heavy atom. The van der Waals surface area contributed by atoms with E-state index in [9.17, 15) is 19.2 Å². The van der Waals surface area contributed by atoms with Crippen molar-refractivity contribution in [1.82, 2.24) is 0 Å². The third-order valence-electron chi connectivity index (χ3n) is 4.35. The molecule has 1 N–H and O–H groups in total. The van der Waals surface area contributed by atoms with Gasteiger partial charge in [-0.1, -0.05) is 0 Å². The average Bonchev–Trinajstić information content (AvgIpc) is 3.12. The lowest BCUT2D eigenvalue weighted by atomic mass is 10.1. The topological polar surface area (TPSA) is 92.8 Å². The molecule has 7 heteroatoms. The van der Waals surface area contributed by atoms with Crippen molar-refractivity contribution in [2.45, 2.75) is 19.8 Å². The van der Waals surface area contributed by atoms with Gasteiger partial charge in [-0.2, -0.15) is 0 Å². The van der Waals surface area contributed by atoms with Crippen LogP contribution in [0.2, 0.25) is 0 Å². The van der Waals surface area contributed by atoms with Crippen molar-refractivity contribution in [3.8, 4) is 0 Å². The van der Waals surface area contributed by atoms with Crippen molar-refractivity contribution >= 4 is 34.9 Å². The van der Waals surface area contributed by atoms with E-state index >= 15 is 0 Å². The van der Waals surface area contributed by atoms with Crippen molar-refractivity contribution in [2.75, 3.05) is 23.4 Å². The van der Waals surface area contributed by atoms with Gasteiger partial charge in [0.1, 0.15) is 0 Å². The Bertz CT molecular complexity index is 903. The number of rotatable bonds is 6. The van der Waals surface area contributed by atoms with E-state index in [4.69, 9.17) is 4.74 Å². The number of carbonyl (C=O) groups excluding carboxylic acids is 4. The number of hydrogen-bond donors (Lipinski definition) is 1. The highest BCUT2D eigenvalue weighted by Crippen LogP contribution is 2.21. The van der Waals surface area contributed by atoms with Crippen molar-refractivity contribution in [1.29, 1.82) is 0 Å². The SMILES string of the molecule is CC(=O)Nc1ccc(C(=O)OCC(=O)c2ccc(N3CCCC3=O)cc2)cc1. The van der Waals surface area contributed by atoms with Crippen LogP contribution in [0.3, 0.4) is 0 Å². The van der Waals surface area contributed by atoms with Gasteiger partial charge in [0.05, 0.1) is 5.56 Å². The Hall–Kier alpha value is -3.48. The number of ketones is 1. The average molecular weight is 380 g/mol. The highest BCUT2D eigenvalue weighted by atomic mass is 16.5. The van der Waals surface area contributed by atoms with Crippen molar-refractivity contribution in [2.24, 2.45) is 0 Å². The van der Waals surface area contributed by atoms with Gasteiger partial charge in [0.15, 0.2) is 12.4 Å². The molecule has 1 fully saturated rings. The van der Waals surface area contributed by atoms with Crippen LogP contribution in [-0.2, 0) is 14.3 Å². The molecule has 0 bridgehead atoms. The summed E-state index contributed by atoms with van der Waals surface area (Å²) >= 11 is 0. The van der Waals surface area contributed by atoms with E-state index in [0.717, 1.165) is 12.1 Å². The minimum atomic E-state index is -0.623. The second-order valence-electron chi connectivity index (χ2n) is 6.45. The summed E-state index contributed by atoms with van der Waals surface area (Å²) in [5.74, 6) is -1.08. The Morgan fingerprint density at radius 1 is 1.00 bits per heavy atom. The van der Waals surface area contributed by atoms with E-state index < -0.39 is 5.97 Å². The van der Waals surface area contributed by atoms with Gasteiger partial charge in [0.25, 0.3) is 0 Å². The zero-order valence-electron chi connectivity index (χ0n) is 15.4. The standard InChI is InChI=1S/C21H20N2O5/c1-14(24)22-17-8-4-16(5-9-17)21(27)28-13-19(25)15-6-10-18(11-7-15)23-12-2-3-20(23)26/h4-11H,2-3,12-13H2,1H3,(H,22,24). The van der Waals surface area contributed by atoms with Gasteiger partial charge in [0.2, 0.25) is 11.8 Å². The third-order valence-corrected chi connectivity index (χ3v) is 4.35. The summed E-state index contributed by atoms with van der Waals surface area (Å²) < 4.78 is 5.07. The van der Waals surface area contributed by atoms with Crippen LogP contribution in [0.15, 0.2) is 48.5 Å². The predicted molar refractivity (Wildman–Crippen MR) is 103 cm³/mol. The van der Waals surface area contributed by atoms with Gasteiger partial charge in [-0.05, 0) is 55.0 Å². The second kappa shape index (κ2) is 8.47. The van der Waals surface area contributed by atoms with Crippen molar-refractivity contribution < 1.29 is 23.9 Å². The molecule has 1 heterocycles. The third kappa shape index (κ3) is 4.62. The lowest BCUT2D eigenvalue weighted by Crippen LogP contribution is -2.23. The van der Waals surface area contributed by atoms with Gasteiger partial charge in [-0.3, -0.25) is 14.4 Å². The van der Waals surface area contributed by atoms with E-state index in [1.807, 2.05) is 0 Å². The fraction of sp³-hybridized carbons (Fsp3) is 0.238. The summed E-state index contributed by atoms with van der Waals surface area (Å²) in [6.07, 6.45) is 1.38. The molecule has 2 aromatic rings. The zero-order valence-corrected chi connectivity index (χ0v) is 15.4. The molecule has 1 aliphatic rings. The number of nitrogens with one attached hydrogen (secondary N) is 1. The molecule has 2 aromatic carbocycles. The molecule has 0 unspecified atom stereocenters. The maximum Gasteiger partial charge on any atom is 0.338 e. The molecule has 0 radical (unpaired) electrons. The highest BCUT2D eigenvalue weighted by molar-refractivity contribution is 6.00. The first-order chi connectivity index (χ1) is 13.4. The van der Waals surface area contributed by atoms with Crippen molar-refractivity contribution in [3.63, 3.8) is 0 Å². The van der Waals surface area contributed by atoms with Crippen LogP contribution in [0.4, 0.5) is 11.4 Å². The van der Waals surface area contributed by atoms with E-state index in [1.54, 1.807) is 41.3 Å². The lowest BCUT2D eigenvalue weighted by Gasteiger charge is -2.15. The van der Waals surface area contributed by atoms with Crippen molar-refractivity contribution in [3.05, 3.63) is 59.7 Å². The molecule has 144 valence electrons. The minimum absolute atomic E-state index is 0.0810. The van der Waals surface area contributed by atoms with Crippen LogP contribution in [0.5, 0.6) is 0 Å². The molecule has 2 amide bonds. The molecule has 7 nitrogen and oxygen atoms in total. The number of amides is 2. The summed E-state index contributed by atoms with van der Waals surface area (Å²) in [6.45, 7) is 1.70. The molecule has 1 aliphatic heterocycles. The summed E-state index contributed by atoms with van der Waals surface area (Å²) in [4.78, 5) is 48.8. The van der Waals surface area contributed by atoms with Crippen LogP contribution >= 0.6 is 0 Å². The van der Waals surface area contributed by atoms with E-state index in [0.29, 0.717) is 24.2 Å². The normalized spacial score (nSPS) is 13.3. The molecular formula is C21H20N2O5. The summed E-state index contributed by atoms with van der Waals surface area (Å²) in [5.41, 5.74) is 2.01. The van der Waals surface area contributed by atoms with Crippen LogP contribution in [0, 0.1) is 0 Å². The Morgan fingerprint density at radius 2 is 1.64 bits per heavy atom. The number of anilines is 2. The Kier molecular flexibility index (Phi) is 5.84. The van der Waals surface area contributed by atoms with Gasteiger partial charge in [0, 0.05) is 36.8 Å². The van der Waals surface area contributed by atoms with Crippen LogP contribution in [0.1, 0.15) is 40.5 Å². The Labute approximate surface area is 162 Å². The van der Waals surface area contributed by atoms with Crippen LogP contribution < -0.4 is 10.2 Å². The molecule has 0 spiro atoms. The molecule has 3 rings (SSSR count). The first-order valence-electron chi connectivity index (χ1n) is 8.92. The summed E-state index contributed by atoms with van der Waals surface area (Å²) in [6, 6.07) is 12.9. The van der Waals surface area contributed by atoms with Gasteiger partial charge in [-0.25, -0.2) is 4.79 Å². The molecule has 1 saturated heterocycles. The van der Waals surface area contributed by atoms with Gasteiger partial charge in [-0.15, -0.1) is 0 Å². The zero-order chi connectivity index (χ0) is 20.1. The maximum atomic E-state index is 12.2. The maximum absolute atomic E-state index is 12.2. The Balaban J connectivity index is 1.55. The van der Waals surface area contributed by atoms with Crippen LogP contribution in [0.25, 0.3) is 0 Å². The fourth-order valence-corrected chi connectivity index (χ4v) is 2.94. The first-order valence-corrected chi connectivity index (χ1v) is 8.92. The van der Waals surface area contributed by atoms with E-state index in [-0.39, 0.29) is 29.8 Å². The molecule has 0 atom stereocenters. The second-order valence-corrected chi connectivity index (χ2v) is 6.45. The first kappa shape index (κ1) is 19.3. The summed E-state index contributed by atoms with van der Waals surface area (Å²) in [5, 5.41) is 2.60. The largest absolute Gasteiger partial charge is 0.454 e. The van der Waals surface area contributed by atoms with E-state index in [2.05, 4.69) is 5.32 Å².